The van der Waals surface area contributed by atoms with Crippen molar-refractivity contribution in [1.29, 1.82) is 0 Å². The maximum absolute atomic E-state index is 12.2. The van der Waals surface area contributed by atoms with Crippen LogP contribution in [0.2, 0.25) is 5.02 Å². The third-order valence-electron chi connectivity index (χ3n) is 2.67. The van der Waals surface area contributed by atoms with Crippen LogP contribution >= 0.6 is 11.6 Å². The molecule has 0 radical (unpaired) electrons. The highest BCUT2D eigenvalue weighted by Crippen LogP contribution is 2.16. The van der Waals surface area contributed by atoms with Crippen LogP contribution in [0.5, 0.6) is 0 Å². The minimum absolute atomic E-state index is 0.525. The van der Waals surface area contributed by atoms with Crippen molar-refractivity contribution in [3.63, 3.8) is 0 Å². The van der Waals surface area contributed by atoms with Crippen molar-refractivity contribution < 1.29 is 9.00 Å². The van der Waals surface area contributed by atoms with E-state index in [1.165, 1.54) is 0 Å². The molecule has 2 rings (SSSR count). The first-order valence-corrected chi connectivity index (χ1v) is 7.38. The number of rotatable bonds is 5. The molecule has 0 saturated heterocycles. The number of hydrogen-bond acceptors (Lipinski definition) is 2. The normalized spacial score (nSPS) is 13.7. The van der Waals surface area contributed by atoms with Crippen molar-refractivity contribution in [1.82, 2.24) is 4.72 Å². The summed E-state index contributed by atoms with van der Waals surface area (Å²) in [6.07, 6.45) is 0. The molecular weight excluding hydrogens is 296 g/mol. The maximum atomic E-state index is 12.2. The van der Waals surface area contributed by atoms with E-state index in [1.54, 1.807) is 48.5 Å². The number of benzene rings is 2. The first-order valence-electron chi connectivity index (χ1n) is 5.85. The lowest BCUT2D eigenvalue weighted by molar-refractivity contribution is -0.119. The summed E-state index contributed by atoms with van der Waals surface area (Å²) in [5.41, 5.74) is 6.03. The van der Waals surface area contributed by atoms with Gasteiger partial charge in [0.25, 0.3) is 0 Å². The van der Waals surface area contributed by atoms with Gasteiger partial charge in [-0.2, -0.15) is 0 Å². The highest BCUT2D eigenvalue weighted by Gasteiger charge is 2.20. The van der Waals surface area contributed by atoms with Crippen LogP contribution < -0.4 is 10.5 Å². The van der Waals surface area contributed by atoms with E-state index in [0.717, 1.165) is 0 Å². The van der Waals surface area contributed by atoms with Crippen molar-refractivity contribution in [3.05, 3.63) is 65.2 Å². The topological polar surface area (TPSA) is 72.2 Å². The van der Waals surface area contributed by atoms with Crippen LogP contribution in [0.25, 0.3) is 0 Å². The lowest BCUT2D eigenvalue weighted by Crippen LogP contribution is -2.34. The largest absolute Gasteiger partial charge is 0.368 e. The predicted molar refractivity (Wildman–Crippen MR) is 79.4 cm³/mol. The van der Waals surface area contributed by atoms with Crippen LogP contribution in [-0.2, 0) is 15.8 Å². The van der Waals surface area contributed by atoms with Gasteiger partial charge in [-0.05, 0) is 29.8 Å². The molecular formula is C14H13ClN2O2S. The molecule has 0 heterocycles. The molecule has 1 unspecified atom stereocenters. The maximum Gasteiger partial charge on any atom is 0.240 e. The second-order valence-electron chi connectivity index (χ2n) is 4.09. The van der Waals surface area contributed by atoms with E-state index >= 15 is 0 Å². The summed E-state index contributed by atoms with van der Waals surface area (Å²) in [6, 6.07) is 14.6. The number of carbonyl (C=O) groups excluding carboxylic acids is 1. The van der Waals surface area contributed by atoms with Gasteiger partial charge in [0.1, 0.15) is 17.0 Å². The van der Waals surface area contributed by atoms with E-state index in [1.807, 2.05) is 6.07 Å². The zero-order valence-electron chi connectivity index (χ0n) is 10.5. The lowest BCUT2D eigenvalue weighted by Gasteiger charge is -2.15. The lowest BCUT2D eigenvalue weighted by atomic mass is 10.1. The molecule has 0 spiro atoms. The molecule has 0 aromatic heterocycles. The highest BCUT2D eigenvalue weighted by molar-refractivity contribution is 7.83. The number of amides is 1. The average molecular weight is 309 g/mol. The average Bonchev–Trinajstić information content (AvgIpc) is 2.46. The van der Waals surface area contributed by atoms with E-state index in [-0.39, 0.29) is 0 Å². The third-order valence-corrected chi connectivity index (χ3v) is 4.07. The van der Waals surface area contributed by atoms with E-state index in [4.69, 9.17) is 17.3 Å². The summed E-state index contributed by atoms with van der Waals surface area (Å²) in [5.74, 6) is -0.585. The molecule has 1 amide bonds. The van der Waals surface area contributed by atoms with Gasteiger partial charge in [0.15, 0.2) is 0 Å². The highest BCUT2D eigenvalue weighted by atomic mass is 35.5. The van der Waals surface area contributed by atoms with Gasteiger partial charge >= 0.3 is 0 Å². The molecule has 2 atom stereocenters. The summed E-state index contributed by atoms with van der Waals surface area (Å²) < 4.78 is 14.9. The van der Waals surface area contributed by atoms with Crippen LogP contribution in [-0.4, -0.2) is 10.1 Å². The van der Waals surface area contributed by atoms with Crippen molar-refractivity contribution in [2.75, 3.05) is 0 Å². The van der Waals surface area contributed by atoms with Crippen molar-refractivity contribution in [3.8, 4) is 0 Å². The van der Waals surface area contributed by atoms with Crippen molar-refractivity contribution in [2.24, 2.45) is 5.73 Å². The number of primary amides is 1. The third kappa shape index (κ3) is 3.66. The Morgan fingerprint density at radius 3 is 2.25 bits per heavy atom. The van der Waals surface area contributed by atoms with Crippen LogP contribution in [0.15, 0.2) is 59.5 Å². The SMILES string of the molecule is NC(=O)[C@H](NS(=O)c1ccc(Cl)cc1)c1ccccc1. The number of nitrogens with one attached hydrogen (secondary N) is 1. The first-order chi connectivity index (χ1) is 9.58. The van der Waals surface area contributed by atoms with Gasteiger partial charge in [-0.1, -0.05) is 41.9 Å². The molecule has 2 aromatic rings. The minimum Gasteiger partial charge on any atom is -0.368 e. The van der Waals surface area contributed by atoms with Gasteiger partial charge in [0.05, 0.1) is 4.90 Å². The standard InChI is InChI=1S/C14H13ClN2O2S/c15-11-6-8-12(9-7-11)20(19)17-13(14(16)18)10-4-2-1-3-5-10/h1-9,13,17H,(H2,16,18)/t13-,20?/m1/s1. The predicted octanol–water partition coefficient (Wildman–Crippen LogP) is 2.18. The monoisotopic (exact) mass is 308 g/mol. The van der Waals surface area contributed by atoms with Gasteiger partial charge in [0.2, 0.25) is 5.91 Å². The summed E-state index contributed by atoms with van der Waals surface area (Å²) in [5, 5.41) is 0.556. The summed E-state index contributed by atoms with van der Waals surface area (Å²) in [6.45, 7) is 0. The molecule has 20 heavy (non-hydrogen) atoms. The quantitative estimate of drug-likeness (QED) is 0.888. The minimum atomic E-state index is -1.55. The van der Waals surface area contributed by atoms with Crippen LogP contribution in [0.4, 0.5) is 0 Å². The van der Waals surface area contributed by atoms with Crippen molar-refractivity contribution >= 4 is 28.5 Å². The van der Waals surface area contributed by atoms with Crippen LogP contribution in [0.3, 0.4) is 0 Å². The molecule has 104 valence electrons. The smallest absolute Gasteiger partial charge is 0.240 e. The molecule has 6 heteroatoms. The summed E-state index contributed by atoms with van der Waals surface area (Å²) in [7, 11) is -1.55. The van der Waals surface area contributed by atoms with Gasteiger partial charge < -0.3 is 5.73 Å². The number of hydrogen-bond donors (Lipinski definition) is 2. The van der Waals surface area contributed by atoms with Crippen LogP contribution in [0.1, 0.15) is 11.6 Å². The molecule has 4 nitrogen and oxygen atoms in total. The Bertz CT molecular complexity index is 617. The first kappa shape index (κ1) is 14.7. The Morgan fingerprint density at radius 2 is 1.70 bits per heavy atom. The summed E-state index contributed by atoms with van der Waals surface area (Å²) >= 11 is 5.77. The van der Waals surface area contributed by atoms with Gasteiger partial charge in [0, 0.05) is 5.02 Å². The van der Waals surface area contributed by atoms with Gasteiger partial charge in [-0.3, -0.25) is 4.79 Å². The fourth-order valence-corrected chi connectivity index (χ4v) is 2.78. The van der Waals surface area contributed by atoms with E-state index in [9.17, 15) is 9.00 Å². The van der Waals surface area contributed by atoms with Crippen molar-refractivity contribution in [2.45, 2.75) is 10.9 Å². The molecule has 0 aliphatic rings. The van der Waals surface area contributed by atoms with Gasteiger partial charge in [-0.15, -0.1) is 0 Å². The molecule has 0 saturated carbocycles. The molecule has 0 fully saturated rings. The second-order valence-corrected chi connectivity index (χ2v) is 5.77. The summed E-state index contributed by atoms with van der Waals surface area (Å²) in [4.78, 5) is 12.0. The van der Waals surface area contributed by atoms with E-state index in [0.29, 0.717) is 15.5 Å². The van der Waals surface area contributed by atoms with E-state index < -0.39 is 22.9 Å². The van der Waals surface area contributed by atoms with Crippen LogP contribution in [0, 0.1) is 0 Å². The number of carbonyl (C=O) groups is 1. The zero-order valence-corrected chi connectivity index (χ0v) is 12.0. The Balaban J connectivity index is 2.19. The molecule has 0 aliphatic carbocycles. The molecule has 0 bridgehead atoms. The number of nitrogens with two attached hydrogens (primary N) is 1. The molecule has 0 aliphatic heterocycles. The number of halogens is 1. The fraction of sp³-hybridized carbons (Fsp3) is 0.0714. The fourth-order valence-electron chi connectivity index (χ4n) is 1.67. The Kier molecular flexibility index (Phi) is 4.89. The Labute approximate surface area is 124 Å². The zero-order chi connectivity index (χ0) is 14.5. The van der Waals surface area contributed by atoms with Gasteiger partial charge in [-0.25, -0.2) is 8.93 Å². The Morgan fingerprint density at radius 1 is 1.10 bits per heavy atom. The van der Waals surface area contributed by atoms with E-state index in [2.05, 4.69) is 4.72 Å². The second kappa shape index (κ2) is 6.65. The molecule has 3 N–H and O–H groups in total. The Hall–Kier alpha value is -1.69. The molecule has 2 aromatic carbocycles.